The highest BCUT2D eigenvalue weighted by molar-refractivity contribution is 4.88. The number of nitrogens with two attached hydrogens (primary N) is 1. The molecule has 0 amide bonds. The first-order chi connectivity index (χ1) is 6.11. The van der Waals surface area contributed by atoms with Gasteiger partial charge >= 0.3 is 0 Å². The third kappa shape index (κ3) is 1.97. The lowest BCUT2D eigenvalue weighted by Gasteiger charge is -2.38. The molecule has 1 saturated heterocycles. The molecule has 7 nitrogen and oxygen atoms in total. The van der Waals surface area contributed by atoms with Crippen molar-refractivity contribution in [2.24, 2.45) is 5.90 Å². The van der Waals surface area contributed by atoms with Crippen molar-refractivity contribution in [3.63, 3.8) is 0 Å². The average molecular weight is 195 g/mol. The highest BCUT2D eigenvalue weighted by atomic mass is 16.8. The molecule has 7 heteroatoms. The number of rotatable bonds is 2. The van der Waals surface area contributed by atoms with Gasteiger partial charge in [-0.1, -0.05) is 0 Å². The number of ether oxygens (including phenoxy) is 1. The molecule has 0 aliphatic carbocycles. The highest BCUT2D eigenvalue weighted by Crippen LogP contribution is 2.20. The first-order valence-corrected chi connectivity index (χ1v) is 3.78. The summed E-state index contributed by atoms with van der Waals surface area (Å²) < 4.78 is 4.82. The second-order valence-electron chi connectivity index (χ2n) is 2.83. The molecule has 0 spiro atoms. The predicted molar refractivity (Wildman–Crippen MR) is 39.0 cm³/mol. The van der Waals surface area contributed by atoms with Crippen LogP contribution in [-0.4, -0.2) is 57.7 Å². The lowest BCUT2D eigenvalue weighted by molar-refractivity contribution is -0.302. The number of hydrogen-bond donors (Lipinski definition) is 5. The molecule has 5 atom stereocenters. The Bertz CT molecular complexity index is 147. The summed E-state index contributed by atoms with van der Waals surface area (Å²) >= 11 is 0. The monoisotopic (exact) mass is 195 g/mol. The van der Waals surface area contributed by atoms with Crippen molar-refractivity contribution in [3.8, 4) is 0 Å². The summed E-state index contributed by atoms with van der Waals surface area (Å²) in [4.78, 5) is 4.20. The molecule has 0 aromatic rings. The molecule has 1 heterocycles. The number of hydrogen-bond acceptors (Lipinski definition) is 7. The molecule has 1 fully saturated rings. The fraction of sp³-hybridized carbons (Fsp3) is 1.00. The maximum atomic E-state index is 9.23. The molecule has 0 unspecified atom stereocenters. The van der Waals surface area contributed by atoms with Gasteiger partial charge in [-0.15, -0.1) is 0 Å². The van der Waals surface area contributed by atoms with Crippen LogP contribution in [0.5, 0.6) is 0 Å². The summed E-state index contributed by atoms with van der Waals surface area (Å²) in [6.07, 6.45) is -6.48. The summed E-state index contributed by atoms with van der Waals surface area (Å²) in [6, 6.07) is 0. The van der Waals surface area contributed by atoms with Crippen LogP contribution in [0, 0.1) is 0 Å². The minimum Gasteiger partial charge on any atom is -0.394 e. The Balaban J connectivity index is 2.66. The van der Waals surface area contributed by atoms with Gasteiger partial charge in [0, 0.05) is 0 Å². The second-order valence-corrected chi connectivity index (χ2v) is 2.83. The van der Waals surface area contributed by atoms with E-state index in [0.717, 1.165) is 0 Å². The zero-order valence-electron chi connectivity index (χ0n) is 6.78. The average Bonchev–Trinajstić information content (AvgIpc) is 2.15. The van der Waals surface area contributed by atoms with E-state index in [1.165, 1.54) is 0 Å². The Kier molecular flexibility index (Phi) is 3.56. The molecular weight excluding hydrogens is 182 g/mol. The van der Waals surface area contributed by atoms with Crippen LogP contribution < -0.4 is 5.90 Å². The van der Waals surface area contributed by atoms with Crippen molar-refractivity contribution >= 4 is 0 Å². The van der Waals surface area contributed by atoms with Crippen molar-refractivity contribution < 1.29 is 30.0 Å². The van der Waals surface area contributed by atoms with Crippen LogP contribution in [0.2, 0.25) is 0 Å². The molecule has 0 bridgehead atoms. The Morgan fingerprint density at radius 2 is 1.77 bits per heavy atom. The predicted octanol–water partition coefficient (Wildman–Crippen LogP) is -3.32. The second kappa shape index (κ2) is 4.29. The van der Waals surface area contributed by atoms with Crippen LogP contribution >= 0.6 is 0 Å². The first kappa shape index (κ1) is 10.8. The smallest absolute Gasteiger partial charge is 0.206 e. The van der Waals surface area contributed by atoms with E-state index in [4.69, 9.17) is 15.7 Å². The van der Waals surface area contributed by atoms with Crippen molar-refractivity contribution in [3.05, 3.63) is 0 Å². The van der Waals surface area contributed by atoms with E-state index >= 15 is 0 Å². The molecule has 13 heavy (non-hydrogen) atoms. The first-order valence-electron chi connectivity index (χ1n) is 3.78. The molecule has 1 rings (SSSR count). The summed E-state index contributed by atoms with van der Waals surface area (Å²) in [5, 5.41) is 36.4. The lowest BCUT2D eigenvalue weighted by atomic mass is 9.99. The molecule has 1 aliphatic rings. The molecule has 0 saturated carbocycles. The highest BCUT2D eigenvalue weighted by Gasteiger charge is 2.43. The van der Waals surface area contributed by atoms with E-state index in [9.17, 15) is 15.3 Å². The molecule has 1 aliphatic heterocycles. The Hall–Kier alpha value is -0.280. The summed E-state index contributed by atoms with van der Waals surface area (Å²) in [6.45, 7) is -0.495. The third-order valence-corrected chi connectivity index (χ3v) is 1.98. The number of aliphatic hydroxyl groups is 4. The molecule has 0 radical (unpaired) electrons. The van der Waals surface area contributed by atoms with Crippen LogP contribution in [-0.2, 0) is 9.57 Å². The standard InChI is InChI=1S/C6H13NO6/c7-13-6-5(11)4(10)3(9)2(1-8)12-6/h2-6,8-11H,1,7H2/t2-,3-,4+,5+,6-/m1/s1. The van der Waals surface area contributed by atoms with E-state index in [0.29, 0.717) is 0 Å². The van der Waals surface area contributed by atoms with Gasteiger partial charge in [0.2, 0.25) is 6.29 Å². The van der Waals surface area contributed by atoms with Gasteiger partial charge in [0.1, 0.15) is 24.4 Å². The third-order valence-electron chi connectivity index (χ3n) is 1.98. The van der Waals surface area contributed by atoms with Crippen LogP contribution in [0.1, 0.15) is 0 Å². The fourth-order valence-electron chi connectivity index (χ4n) is 1.18. The van der Waals surface area contributed by atoms with E-state index in [1.807, 2.05) is 0 Å². The SMILES string of the molecule is NO[C@H]1O[C@H](CO)[C@@H](O)[C@H](O)[C@@H]1O. The quantitative estimate of drug-likeness (QED) is 0.292. The largest absolute Gasteiger partial charge is 0.394 e. The van der Waals surface area contributed by atoms with Crippen LogP contribution in [0.25, 0.3) is 0 Å². The van der Waals surface area contributed by atoms with Gasteiger partial charge in [-0.25, -0.2) is 5.90 Å². The molecule has 78 valence electrons. The van der Waals surface area contributed by atoms with Gasteiger partial charge in [-0.3, -0.25) is 4.84 Å². The molecule has 0 aromatic carbocycles. The zero-order chi connectivity index (χ0) is 10.0. The van der Waals surface area contributed by atoms with Crippen molar-refractivity contribution in [2.45, 2.75) is 30.7 Å². The maximum Gasteiger partial charge on any atom is 0.206 e. The Morgan fingerprint density at radius 3 is 2.23 bits per heavy atom. The fourth-order valence-corrected chi connectivity index (χ4v) is 1.18. The summed E-state index contributed by atoms with van der Waals surface area (Å²) in [5.41, 5.74) is 0. The molecule has 6 N–H and O–H groups in total. The minimum atomic E-state index is -1.44. The van der Waals surface area contributed by atoms with Gasteiger partial charge in [-0.2, -0.15) is 0 Å². The van der Waals surface area contributed by atoms with Gasteiger partial charge < -0.3 is 25.2 Å². The topological polar surface area (TPSA) is 125 Å². The molecule has 0 aromatic heterocycles. The summed E-state index contributed by atoms with van der Waals surface area (Å²) in [5.74, 6) is 4.76. The molecular formula is C6H13NO6. The number of aliphatic hydroxyl groups excluding tert-OH is 4. The van der Waals surface area contributed by atoms with Gasteiger partial charge in [-0.05, 0) is 0 Å². The van der Waals surface area contributed by atoms with Crippen LogP contribution in [0.15, 0.2) is 0 Å². The van der Waals surface area contributed by atoms with E-state index in [-0.39, 0.29) is 0 Å². The van der Waals surface area contributed by atoms with Gasteiger partial charge in [0.05, 0.1) is 6.61 Å². The summed E-state index contributed by atoms with van der Waals surface area (Å²) in [7, 11) is 0. The van der Waals surface area contributed by atoms with E-state index in [2.05, 4.69) is 4.84 Å². The zero-order valence-corrected chi connectivity index (χ0v) is 6.78. The van der Waals surface area contributed by atoms with Crippen molar-refractivity contribution in [1.82, 2.24) is 0 Å². The minimum absolute atomic E-state index is 0.495. The van der Waals surface area contributed by atoms with Crippen LogP contribution in [0.4, 0.5) is 0 Å². The van der Waals surface area contributed by atoms with Crippen molar-refractivity contribution in [1.29, 1.82) is 0 Å². The van der Waals surface area contributed by atoms with Gasteiger partial charge in [0.25, 0.3) is 0 Å². The van der Waals surface area contributed by atoms with Gasteiger partial charge in [0.15, 0.2) is 0 Å². The lowest BCUT2D eigenvalue weighted by Crippen LogP contribution is -2.59. The van der Waals surface area contributed by atoms with Crippen molar-refractivity contribution in [2.75, 3.05) is 6.61 Å². The van der Waals surface area contributed by atoms with Crippen LogP contribution in [0.3, 0.4) is 0 Å². The maximum absolute atomic E-state index is 9.23. The normalized spacial score (nSPS) is 46.4. The Labute approximate surface area is 74.3 Å². The van der Waals surface area contributed by atoms with E-state index in [1.54, 1.807) is 0 Å². The van der Waals surface area contributed by atoms with E-state index < -0.39 is 37.3 Å². The Morgan fingerprint density at radius 1 is 1.15 bits per heavy atom.